The fourth-order valence-electron chi connectivity index (χ4n) is 0.535. The number of hydrogen-bond acceptors (Lipinski definition) is 3. The highest BCUT2D eigenvalue weighted by Crippen LogP contribution is 1.88. The highest BCUT2D eigenvalue weighted by molar-refractivity contribution is 6.36. The van der Waals surface area contributed by atoms with Crippen LogP contribution in [0.2, 0.25) is 0 Å². The van der Waals surface area contributed by atoms with E-state index in [0.29, 0.717) is 0 Å². The molecule has 0 radical (unpaired) electrons. The van der Waals surface area contributed by atoms with Crippen LogP contribution in [0.25, 0.3) is 0 Å². The van der Waals surface area contributed by atoms with Crippen LogP contribution in [0.15, 0.2) is 34.4 Å². The first-order chi connectivity index (χ1) is 5.30. The van der Waals surface area contributed by atoms with E-state index in [2.05, 4.69) is 9.98 Å². The molecule has 4 heteroatoms. The second kappa shape index (κ2) is 3.46. The molecule has 56 valence electrons. The van der Waals surface area contributed by atoms with Crippen molar-refractivity contribution in [1.82, 2.24) is 0 Å². The number of carbonyl (C=O) groups is 1. The van der Waals surface area contributed by atoms with Crippen molar-refractivity contribution in [3.63, 3.8) is 0 Å². The van der Waals surface area contributed by atoms with Crippen LogP contribution in [-0.4, -0.2) is 23.1 Å². The lowest BCUT2D eigenvalue weighted by atomic mass is 10.4. The lowest BCUT2D eigenvalue weighted by Crippen LogP contribution is -2.09. The van der Waals surface area contributed by atoms with E-state index >= 15 is 0 Å². The molecule has 0 unspecified atom stereocenters. The number of hydrogen-bond donors (Lipinski definition) is 1. The van der Waals surface area contributed by atoms with Crippen LogP contribution in [-0.2, 0) is 4.79 Å². The summed E-state index contributed by atoms with van der Waals surface area (Å²) < 4.78 is 0. The fourth-order valence-corrected chi connectivity index (χ4v) is 0.535. The molecule has 1 aliphatic rings. The first-order valence-corrected chi connectivity index (χ1v) is 2.97. The highest BCUT2D eigenvalue weighted by atomic mass is 16.4. The topological polar surface area (TPSA) is 62.0 Å². The molecule has 0 amide bonds. The summed E-state index contributed by atoms with van der Waals surface area (Å²) in [4.78, 5) is 17.5. The average Bonchev–Trinajstić information content (AvgIpc) is 1.84. The summed E-state index contributed by atoms with van der Waals surface area (Å²) in [5.41, 5.74) is 0. The van der Waals surface area contributed by atoms with E-state index in [1.54, 1.807) is 18.2 Å². The van der Waals surface area contributed by atoms with Crippen LogP contribution in [0.1, 0.15) is 0 Å². The Morgan fingerprint density at radius 1 is 1.36 bits per heavy atom. The molecule has 0 aromatic heterocycles. The summed E-state index contributed by atoms with van der Waals surface area (Å²) in [5, 5.41) is 8.45. The number of carboxylic acids is 1. The van der Waals surface area contributed by atoms with Gasteiger partial charge in [-0.3, -0.25) is 0 Å². The van der Waals surface area contributed by atoms with Crippen molar-refractivity contribution < 1.29 is 9.90 Å². The summed E-state index contributed by atoms with van der Waals surface area (Å²) in [6, 6.07) is 0. The Kier molecular flexibility index (Phi) is 2.32. The second-order valence-corrected chi connectivity index (χ2v) is 1.76. The van der Waals surface area contributed by atoms with Crippen molar-refractivity contribution in [3.05, 3.63) is 24.4 Å². The Morgan fingerprint density at radius 3 is 2.91 bits per heavy atom. The second-order valence-electron chi connectivity index (χ2n) is 1.76. The first-order valence-electron chi connectivity index (χ1n) is 2.97. The van der Waals surface area contributed by atoms with Gasteiger partial charge in [0.1, 0.15) is 0 Å². The molecule has 0 bridgehead atoms. The van der Waals surface area contributed by atoms with Gasteiger partial charge in [0.2, 0.25) is 5.84 Å². The van der Waals surface area contributed by atoms with Crippen LogP contribution >= 0.6 is 0 Å². The molecule has 0 aromatic rings. The van der Waals surface area contributed by atoms with Crippen molar-refractivity contribution in [1.29, 1.82) is 0 Å². The number of rotatable bonds is 1. The van der Waals surface area contributed by atoms with Gasteiger partial charge in [-0.1, -0.05) is 6.08 Å². The lowest BCUT2D eigenvalue weighted by molar-refractivity contribution is -0.129. The third kappa shape index (κ3) is 2.17. The highest BCUT2D eigenvalue weighted by Gasteiger charge is 2.04. The molecule has 1 N–H and O–H groups in total. The normalized spacial score (nSPS) is 21.3. The maximum Gasteiger partial charge on any atom is 0.373 e. The SMILES string of the molecule is O=C(O)C1=N/C=C\C=C/C=N1. The van der Waals surface area contributed by atoms with Crippen LogP contribution < -0.4 is 0 Å². The van der Waals surface area contributed by atoms with Gasteiger partial charge in [0.05, 0.1) is 0 Å². The van der Waals surface area contributed by atoms with Crippen molar-refractivity contribution in [3.8, 4) is 0 Å². The Balaban J connectivity index is 2.87. The van der Waals surface area contributed by atoms with Crippen molar-refractivity contribution >= 4 is 18.0 Å². The quantitative estimate of drug-likeness (QED) is 0.595. The molecule has 0 aromatic carbocycles. The third-order valence-electron chi connectivity index (χ3n) is 0.979. The average molecular weight is 150 g/mol. The third-order valence-corrected chi connectivity index (χ3v) is 0.979. The standard InChI is InChI=1S/C7H6N2O2/c10-7(11)6-8-4-2-1-3-5-9-6/h1-5H,(H,10,11)/b2-1-,3-1?,4-2?,5-3-,8-4?,8-6?,9-5?,9-6?. The van der Waals surface area contributed by atoms with Crippen molar-refractivity contribution in [2.24, 2.45) is 9.98 Å². The first kappa shape index (κ1) is 7.40. The molecule has 4 nitrogen and oxygen atoms in total. The smallest absolute Gasteiger partial charge is 0.373 e. The van der Waals surface area contributed by atoms with Crippen molar-refractivity contribution in [2.75, 3.05) is 0 Å². The minimum Gasteiger partial charge on any atom is -0.475 e. The summed E-state index contributed by atoms with van der Waals surface area (Å²) in [5.74, 6) is -1.33. The van der Waals surface area contributed by atoms with Crippen molar-refractivity contribution in [2.45, 2.75) is 0 Å². The number of amidine groups is 1. The van der Waals surface area contributed by atoms with Gasteiger partial charge in [-0.25, -0.2) is 14.8 Å². The summed E-state index contributed by atoms with van der Waals surface area (Å²) in [6.07, 6.45) is 7.75. The molecular weight excluding hydrogens is 144 g/mol. The monoisotopic (exact) mass is 150 g/mol. The summed E-state index contributed by atoms with van der Waals surface area (Å²) >= 11 is 0. The van der Waals surface area contributed by atoms with Crippen LogP contribution in [0.5, 0.6) is 0 Å². The summed E-state index contributed by atoms with van der Waals surface area (Å²) in [7, 11) is 0. The van der Waals surface area contributed by atoms with Gasteiger partial charge in [-0.2, -0.15) is 0 Å². The van der Waals surface area contributed by atoms with Gasteiger partial charge >= 0.3 is 5.97 Å². The van der Waals surface area contributed by atoms with E-state index in [4.69, 9.17) is 5.11 Å². The van der Waals surface area contributed by atoms with E-state index in [-0.39, 0.29) is 5.84 Å². The zero-order valence-electron chi connectivity index (χ0n) is 5.64. The van der Waals surface area contributed by atoms with E-state index in [1.807, 2.05) is 0 Å². The molecule has 0 aliphatic carbocycles. The molecule has 1 rings (SSSR count). The Hall–Kier alpha value is -1.71. The van der Waals surface area contributed by atoms with Gasteiger partial charge in [0.15, 0.2) is 0 Å². The van der Waals surface area contributed by atoms with E-state index in [0.717, 1.165) is 0 Å². The Morgan fingerprint density at radius 2 is 2.18 bits per heavy atom. The lowest BCUT2D eigenvalue weighted by Gasteiger charge is -1.90. The minimum absolute atomic E-state index is 0.203. The molecule has 11 heavy (non-hydrogen) atoms. The van der Waals surface area contributed by atoms with Crippen LogP contribution in [0.4, 0.5) is 0 Å². The van der Waals surface area contributed by atoms with Crippen LogP contribution in [0, 0.1) is 0 Å². The van der Waals surface area contributed by atoms with Gasteiger partial charge < -0.3 is 5.11 Å². The Bertz CT molecular complexity index is 274. The Labute approximate surface area is 63.3 Å². The molecule has 0 spiro atoms. The van der Waals surface area contributed by atoms with Gasteiger partial charge in [0, 0.05) is 12.4 Å². The molecular formula is C7H6N2O2. The number of aliphatic imine (C=N–C) groups is 2. The molecule has 0 saturated heterocycles. The molecule has 1 heterocycles. The molecule has 1 aliphatic heterocycles. The van der Waals surface area contributed by atoms with Gasteiger partial charge in [-0.15, -0.1) is 0 Å². The maximum atomic E-state index is 10.3. The maximum absolute atomic E-state index is 10.3. The molecule has 0 fully saturated rings. The van der Waals surface area contributed by atoms with E-state index in [9.17, 15) is 4.79 Å². The van der Waals surface area contributed by atoms with E-state index in [1.165, 1.54) is 12.4 Å². The zero-order valence-corrected chi connectivity index (χ0v) is 5.64. The molecule has 0 atom stereocenters. The van der Waals surface area contributed by atoms with Gasteiger partial charge in [-0.05, 0) is 12.2 Å². The minimum atomic E-state index is -1.12. The zero-order chi connectivity index (χ0) is 8.10. The van der Waals surface area contributed by atoms with Gasteiger partial charge in [0.25, 0.3) is 0 Å². The number of allylic oxidation sites excluding steroid dienone is 3. The predicted molar refractivity (Wildman–Crippen MR) is 41.8 cm³/mol. The molecule has 0 saturated carbocycles. The number of nitrogens with zero attached hydrogens (tertiary/aromatic N) is 2. The summed E-state index contributed by atoms with van der Waals surface area (Å²) in [6.45, 7) is 0. The largest absolute Gasteiger partial charge is 0.475 e. The van der Waals surface area contributed by atoms with E-state index < -0.39 is 5.97 Å². The number of aliphatic carboxylic acids is 1. The number of carboxylic acid groups (broad SMARTS) is 1. The van der Waals surface area contributed by atoms with Crippen LogP contribution in [0.3, 0.4) is 0 Å². The predicted octanol–water partition coefficient (Wildman–Crippen LogP) is 0.624. The fraction of sp³-hybridized carbons (Fsp3) is 0.